The van der Waals surface area contributed by atoms with Crippen LogP contribution in [0.5, 0.6) is 0 Å². The Hall–Kier alpha value is -2.64. The van der Waals surface area contributed by atoms with Gasteiger partial charge in [-0.05, 0) is 31.2 Å². The zero-order chi connectivity index (χ0) is 17.9. The molecular formula is C17H15ClN4O2S. The van der Waals surface area contributed by atoms with Gasteiger partial charge in [0, 0.05) is 16.1 Å². The Morgan fingerprint density at radius 1 is 1.12 bits per heavy atom. The first-order valence-electron chi connectivity index (χ1n) is 7.36. The van der Waals surface area contributed by atoms with Crippen LogP contribution in [0.4, 0.5) is 0 Å². The number of nitrogens with zero attached hydrogens (tertiary/aromatic N) is 2. The van der Waals surface area contributed by atoms with Gasteiger partial charge in [0.2, 0.25) is 0 Å². The summed E-state index contributed by atoms with van der Waals surface area (Å²) in [4.78, 5) is 2.26. The lowest BCUT2D eigenvalue weighted by molar-refractivity contribution is 0.584. The second-order valence-electron chi connectivity index (χ2n) is 5.37. The second kappa shape index (κ2) is 7.08. The molecule has 0 bridgehead atoms. The van der Waals surface area contributed by atoms with Crippen molar-refractivity contribution in [2.75, 3.05) is 0 Å². The highest BCUT2D eigenvalue weighted by molar-refractivity contribution is 7.89. The fraction of sp³-hybridized carbons (Fsp3) is 0.0588. The van der Waals surface area contributed by atoms with Crippen molar-refractivity contribution >= 4 is 27.8 Å². The summed E-state index contributed by atoms with van der Waals surface area (Å²) in [7, 11) is -3.75. The van der Waals surface area contributed by atoms with Crippen molar-refractivity contribution in [2.45, 2.75) is 11.8 Å². The van der Waals surface area contributed by atoms with Crippen LogP contribution in [0.3, 0.4) is 0 Å². The molecule has 2 aromatic carbocycles. The number of hydrazone groups is 1. The Morgan fingerprint density at radius 3 is 2.48 bits per heavy atom. The van der Waals surface area contributed by atoms with Crippen LogP contribution in [0.1, 0.15) is 11.1 Å². The summed E-state index contributed by atoms with van der Waals surface area (Å²) in [5.41, 5.74) is 3.51. The Labute approximate surface area is 150 Å². The third-order valence-electron chi connectivity index (χ3n) is 3.51. The predicted octanol–water partition coefficient (Wildman–Crippen LogP) is 3.35. The number of aromatic amines is 1. The minimum absolute atomic E-state index is 0.0833. The molecule has 0 unspecified atom stereocenters. The van der Waals surface area contributed by atoms with Crippen molar-refractivity contribution in [3.05, 3.63) is 70.9 Å². The van der Waals surface area contributed by atoms with Crippen LogP contribution in [-0.2, 0) is 10.0 Å². The minimum Gasteiger partial charge on any atom is -0.277 e. The highest BCUT2D eigenvalue weighted by Gasteiger charge is 2.12. The fourth-order valence-corrected chi connectivity index (χ4v) is 3.09. The van der Waals surface area contributed by atoms with E-state index in [1.807, 2.05) is 31.2 Å². The number of benzene rings is 2. The largest absolute Gasteiger partial charge is 0.277 e. The second-order valence-corrected chi connectivity index (χ2v) is 7.47. The number of nitrogens with one attached hydrogen (secondary N) is 2. The molecule has 0 atom stereocenters. The molecule has 0 saturated heterocycles. The molecule has 0 aliphatic heterocycles. The number of hydrogen-bond donors (Lipinski definition) is 2. The minimum atomic E-state index is -3.75. The Morgan fingerprint density at radius 2 is 1.80 bits per heavy atom. The van der Waals surface area contributed by atoms with Crippen molar-refractivity contribution < 1.29 is 8.42 Å². The van der Waals surface area contributed by atoms with Gasteiger partial charge < -0.3 is 0 Å². The molecule has 6 nitrogen and oxygen atoms in total. The van der Waals surface area contributed by atoms with E-state index in [-0.39, 0.29) is 4.90 Å². The molecule has 3 rings (SSSR count). The van der Waals surface area contributed by atoms with Gasteiger partial charge in [0.1, 0.15) is 0 Å². The highest BCUT2D eigenvalue weighted by Crippen LogP contribution is 2.20. The van der Waals surface area contributed by atoms with E-state index >= 15 is 0 Å². The van der Waals surface area contributed by atoms with E-state index in [0.717, 1.165) is 16.8 Å². The SMILES string of the molecule is Cc1ccc(-c2[nH]ncc2C=NNS(=O)(=O)c2ccc(Cl)cc2)cc1. The first-order chi connectivity index (χ1) is 12.0. The highest BCUT2D eigenvalue weighted by atomic mass is 35.5. The summed E-state index contributed by atoms with van der Waals surface area (Å²) in [6.45, 7) is 2.00. The summed E-state index contributed by atoms with van der Waals surface area (Å²) in [5, 5.41) is 11.2. The van der Waals surface area contributed by atoms with Crippen molar-refractivity contribution in [3.8, 4) is 11.3 Å². The average Bonchev–Trinajstić information content (AvgIpc) is 3.04. The van der Waals surface area contributed by atoms with Gasteiger partial charge in [0.15, 0.2) is 0 Å². The van der Waals surface area contributed by atoms with Gasteiger partial charge in [-0.25, -0.2) is 4.83 Å². The number of aryl methyl sites for hydroxylation is 1. The van der Waals surface area contributed by atoms with Crippen LogP contribution in [0, 0.1) is 6.92 Å². The number of hydrogen-bond acceptors (Lipinski definition) is 4. The summed E-state index contributed by atoms with van der Waals surface area (Å²) in [6, 6.07) is 13.7. The van der Waals surface area contributed by atoms with Gasteiger partial charge >= 0.3 is 0 Å². The molecule has 0 radical (unpaired) electrons. The van der Waals surface area contributed by atoms with Crippen LogP contribution < -0.4 is 4.83 Å². The van der Waals surface area contributed by atoms with E-state index in [1.54, 1.807) is 6.20 Å². The average molecular weight is 375 g/mol. The Kier molecular flexibility index (Phi) is 4.87. The molecule has 0 aliphatic carbocycles. The lowest BCUT2D eigenvalue weighted by Crippen LogP contribution is -2.18. The van der Waals surface area contributed by atoms with Crippen molar-refractivity contribution in [3.63, 3.8) is 0 Å². The van der Waals surface area contributed by atoms with Crippen LogP contribution in [0.15, 0.2) is 64.7 Å². The summed E-state index contributed by atoms with van der Waals surface area (Å²) < 4.78 is 24.3. The molecule has 8 heteroatoms. The third kappa shape index (κ3) is 4.07. The van der Waals surface area contributed by atoms with E-state index in [9.17, 15) is 8.42 Å². The number of rotatable bonds is 5. The Balaban J connectivity index is 1.78. The van der Waals surface area contributed by atoms with Gasteiger partial charge in [-0.15, -0.1) is 0 Å². The first-order valence-corrected chi connectivity index (χ1v) is 9.23. The molecule has 2 N–H and O–H groups in total. The van der Waals surface area contributed by atoms with Crippen LogP contribution in [0.2, 0.25) is 5.02 Å². The maximum absolute atomic E-state index is 12.2. The molecule has 0 saturated carbocycles. The van der Waals surface area contributed by atoms with Crippen LogP contribution in [0.25, 0.3) is 11.3 Å². The van der Waals surface area contributed by atoms with Crippen molar-refractivity contribution in [2.24, 2.45) is 5.10 Å². The molecule has 0 spiro atoms. The quantitative estimate of drug-likeness (QED) is 0.530. The Bertz CT molecular complexity index is 994. The summed E-state index contributed by atoms with van der Waals surface area (Å²) in [6.07, 6.45) is 2.99. The summed E-state index contributed by atoms with van der Waals surface area (Å²) >= 11 is 5.76. The molecule has 0 fully saturated rings. The molecule has 25 heavy (non-hydrogen) atoms. The predicted molar refractivity (Wildman–Crippen MR) is 98.1 cm³/mol. The molecule has 1 heterocycles. The van der Waals surface area contributed by atoms with Crippen LogP contribution in [-0.4, -0.2) is 24.8 Å². The van der Waals surface area contributed by atoms with Crippen LogP contribution >= 0.6 is 11.6 Å². The van der Waals surface area contributed by atoms with Gasteiger partial charge in [0.05, 0.1) is 23.0 Å². The standard InChI is InChI=1S/C17H15ClN4O2S/c1-12-2-4-13(5-3-12)17-14(10-19-21-17)11-20-22-25(23,24)16-8-6-15(18)7-9-16/h2-11,22H,1H3,(H,19,21). The molecular weight excluding hydrogens is 360 g/mol. The fourth-order valence-electron chi connectivity index (χ4n) is 2.18. The van der Waals surface area contributed by atoms with Gasteiger partial charge in [-0.2, -0.15) is 18.6 Å². The van der Waals surface area contributed by atoms with Crippen molar-refractivity contribution in [1.82, 2.24) is 15.0 Å². The molecule has 3 aromatic rings. The maximum Gasteiger partial charge on any atom is 0.276 e. The van der Waals surface area contributed by atoms with E-state index in [2.05, 4.69) is 20.1 Å². The monoisotopic (exact) mass is 374 g/mol. The molecule has 1 aromatic heterocycles. The number of aromatic nitrogens is 2. The van der Waals surface area contributed by atoms with Gasteiger partial charge in [-0.3, -0.25) is 5.10 Å². The zero-order valence-electron chi connectivity index (χ0n) is 13.3. The molecule has 0 amide bonds. The normalized spacial score (nSPS) is 11.8. The number of sulfonamides is 1. The van der Waals surface area contributed by atoms with Gasteiger partial charge in [-0.1, -0.05) is 41.4 Å². The first kappa shape index (κ1) is 17.2. The smallest absolute Gasteiger partial charge is 0.276 e. The van der Waals surface area contributed by atoms with Crippen molar-refractivity contribution in [1.29, 1.82) is 0 Å². The van der Waals surface area contributed by atoms with Gasteiger partial charge in [0.25, 0.3) is 10.0 Å². The molecule has 0 aliphatic rings. The third-order valence-corrected chi connectivity index (χ3v) is 5.00. The lowest BCUT2D eigenvalue weighted by Gasteiger charge is -2.03. The van der Waals surface area contributed by atoms with E-state index in [4.69, 9.17) is 11.6 Å². The maximum atomic E-state index is 12.2. The lowest BCUT2D eigenvalue weighted by atomic mass is 10.1. The number of H-pyrrole nitrogens is 1. The van der Waals surface area contributed by atoms with E-state index in [0.29, 0.717) is 10.6 Å². The van der Waals surface area contributed by atoms with E-state index in [1.165, 1.54) is 30.5 Å². The topological polar surface area (TPSA) is 87.2 Å². The number of halogens is 1. The zero-order valence-corrected chi connectivity index (χ0v) is 14.8. The summed E-state index contributed by atoms with van der Waals surface area (Å²) in [5.74, 6) is 0. The van der Waals surface area contributed by atoms with E-state index < -0.39 is 10.0 Å². The molecule has 128 valence electrons.